The fourth-order valence-electron chi connectivity index (χ4n) is 0.793. The van der Waals surface area contributed by atoms with E-state index in [4.69, 9.17) is 9.52 Å². The molecule has 0 unspecified atom stereocenters. The lowest BCUT2D eigenvalue weighted by Crippen LogP contribution is -2.21. The highest BCUT2D eigenvalue weighted by atomic mass is 16.4. The molecule has 0 aliphatic rings. The van der Waals surface area contributed by atoms with Gasteiger partial charge >= 0.3 is 11.9 Å². The molecular weight excluding hydrogens is 172 g/mol. The maximum absolute atomic E-state index is 10.4. The first kappa shape index (κ1) is 9.73. The Hall–Kier alpha value is -1.36. The van der Waals surface area contributed by atoms with Crippen LogP contribution in [-0.4, -0.2) is 22.1 Å². The van der Waals surface area contributed by atoms with Crippen molar-refractivity contribution in [3.05, 3.63) is 17.8 Å². The van der Waals surface area contributed by atoms with E-state index >= 15 is 0 Å². The van der Waals surface area contributed by atoms with Crippen molar-refractivity contribution in [1.82, 2.24) is 10.3 Å². The van der Waals surface area contributed by atoms with E-state index in [1.165, 1.54) is 6.20 Å². The Balaban J connectivity index is 2.54. The Morgan fingerprint density at radius 1 is 1.77 bits per heavy atom. The van der Waals surface area contributed by atoms with Gasteiger partial charge in [-0.3, -0.25) is 0 Å². The first-order valence-electron chi connectivity index (χ1n) is 4.01. The Morgan fingerprint density at radius 2 is 2.46 bits per heavy atom. The summed E-state index contributed by atoms with van der Waals surface area (Å²) in [5, 5.41) is 11.6. The Bertz CT molecular complexity index is 293. The molecule has 0 atom stereocenters. The van der Waals surface area contributed by atoms with Crippen LogP contribution in [0.2, 0.25) is 0 Å². The van der Waals surface area contributed by atoms with E-state index in [-0.39, 0.29) is 5.89 Å². The molecule has 1 heterocycles. The second-order valence-corrected chi connectivity index (χ2v) is 2.97. The molecule has 0 aliphatic heterocycles. The number of oxazole rings is 1. The number of rotatable bonds is 4. The van der Waals surface area contributed by atoms with Gasteiger partial charge in [0, 0.05) is 6.04 Å². The number of carbonyl (C=O) groups is 1. The summed E-state index contributed by atoms with van der Waals surface area (Å²) in [4.78, 5) is 14.0. The number of carboxylic acids is 1. The first-order valence-corrected chi connectivity index (χ1v) is 4.01. The van der Waals surface area contributed by atoms with E-state index in [2.05, 4.69) is 10.3 Å². The zero-order valence-electron chi connectivity index (χ0n) is 7.57. The third kappa shape index (κ3) is 2.87. The maximum Gasteiger partial charge on any atom is 0.392 e. The highest BCUT2D eigenvalue weighted by molar-refractivity contribution is 5.81. The normalized spacial score (nSPS) is 10.7. The number of carboxylic acid groups (broad SMARTS) is 1. The van der Waals surface area contributed by atoms with Crippen LogP contribution >= 0.6 is 0 Å². The number of nitrogens with one attached hydrogen (secondary N) is 1. The number of aromatic carboxylic acids is 1. The quantitative estimate of drug-likeness (QED) is 0.726. The van der Waals surface area contributed by atoms with Crippen LogP contribution in [0.25, 0.3) is 0 Å². The van der Waals surface area contributed by atoms with Crippen molar-refractivity contribution >= 4 is 5.97 Å². The van der Waals surface area contributed by atoms with Crippen LogP contribution < -0.4 is 5.32 Å². The van der Waals surface area contributed by atoms with Crippen molar-refractivity contribution in [1.29, 1.82) is 0 Å². The number of aromatic nitrogens is 1. The van der Waals surface area contributed by atoms with Crippen LogP contribution in [0.5, 0.6) is 0 Å². The molecule has 1 aromatic heterocycles. The molecule has 0 saturated carbocycles. The van der Waals surface area contributed by atoms with Gasteiger partial charge in [-0.2, -0.15) is 0 Å². The number of hydrogen-bond acceptors (Lipinski definition) is 4. The molecule has 0 aliphatic carbocycles. The Morgan fingerprint density at radius 3 is 2.92 bits per heavy atom. The van der Waals surface area contributed by atoms with Crippen molar-refractivity contribution in [2.24, 2.45) is 0 Å². The number of hydrogen-bond donors (Lipinski definition) is 2. The molecule has 5 nitrogen and oxygen atoms in total. The minimum absolute atomic E-state index is 0.263. The average molecular weight is 184 g/mol. The van der Waals surface area contributed by atoms with Crippen molar-refractivity contribution in [2.45, 2.75) is 26.4 Å². The molecule has 0 bridgehead atoms. The summed E-state index contributed by atoms with van der Waals surface area (Å²) in [5.41, 5.74) is 0. The molecule has 0 spiro atoms. The van der Waals surface area contributed by atoms with E-state index in [0.717, 1.165) is 0 Å². The molecule has 2 N–H and O–H groups in total. The minimum Gasteiger partial charge on any atom is -0.474 e. The molecule has 1 aromatic rings. The zero-order chi connectivity index (χ0) is 9.84. The lowest BCUT2D eigenvalue weighted by atomic mass is 10.4. The Kier molecular flexibility index (Phi) is 3.02. The SMILES string of the molecule is CC(C)NCc1cnc(C(=O)O)o1. The monoisotopic (exact) mass is 184 g/mol. The van der Waals surface area contributed by atoms with Gasteiger partial charge in [0.25, 0.3) is 0 Å². The van der Waals surface area contributed by atoms with Gasteiger partial charge in [-0.15, -0.1) is 0 Å². The molecule has 0 amide bonds. The molecule has 13 heavy (non-hydrogen) atoms. The van der Waals surface area contributed by atoms with Crippen LogP contribution in [0.4, 0.5) is 0 Å². The lowest BCUT2D eigenvalue weighted by molar-refractivity contribution is 0.0651. The summed E-state index contributed by atoms with van der Waals surface area (Å²) in [6.45, 7) is 4.49. The molecular formula is C8H12N2O3. The summed E-state index contributed by atoms with van der Waals surface area (Å²) >= 11 is 0. The third-order valence-corrected chi connectivity index (χ3v) is 1.42. The molecule has 72 valence electrons. The summed E-state index contributed by atoms with van der Waals surface area (Å²) in [7, 11) is 0. The van der Waals surface area contributed by atoms with Gasteiger partial charge in [0.15, 0.2) is 0 Å². The predicted octanol–water partition coefficient (Wildman–Crippen LogP) is 0.871. The van der Waals surface area contributed by atoms with Crippen molar-refractivity contribution in [3.8, 4) is 0 Å². The number of nitrogens with zero attached hydrogens (tertiary/aromatic N) is 1. The van der Waals surface area contributed by atoms with Crippen LogP contribution in [0.15, 0.2) is 10.6 Å². The fraction of sp³-hybridized carbons (Fsp3) is 0.500. The highest BCUT2D eigenvalue weighted by Crippen LogP contribution is 2.03. The van der Waals surface area contributed by atoms with Gasteiger partial charge in [-0.25, -0.2) is 9.78 Å². The topological polar surface area (TPSA) is 75.4 Å². The molecule has 0 saturated heterocycles. The fourth-order valence-corrected chi connectivity index (χ4v) is 0.793. The average Bonchev–Trinajstić information content (AvgIpc) is 2.48. The third-order valence-electron chi connectivity index (χ3n) is 1.42. The van der Waals surface area contributed by atoms with E-state index in [1.54, 1.807) is 0 Å². The van der Waals surface area contributed by atoms with Gasteiger partial charge in [0.1, 0.15) is 5.76 Å². The second kappa shape index (κ2) is 4.04. The minimum atomic E-state index is -1.14. The van der Waals surface area contributed by atoms with Crippen LogP contribution in [0.1, 0.15) is 30.3 Å². The van der Waals surface area contributed by atoms with Gasteiger partial charge in [0.05, 0.1) is 12.7 Å². The highest BCUT2D eigenvalue weighted by Gasteiger charge is 2.10. The van der Waals surface area contributed by atoms with E-state index < -0.39 is 5.97 Å². The van der Waals surface area contributed by atoms with Gasteiger partial charge in [-0.1, -0.05) is 13.8 Å². The largest absolute Gasteiger partial charge is 0.474 e. The van der Waals surface area contributed by atoms with Gasteiger partial charge in [-0.05, 0) is 0 Å². The zero-order valence-corrected chi connectivity index (χ0v) is 7.57. The molecule has 1 rings (SSSR count). The standard InChI is InChI=1S/C8H12N2O3/c1-5(2)9-3-6-4-10-7(13-6)8(11)12/h4-5,9H,3H2,1-2H3,(H,11,12). The molecule has 0 fully saturated rings. The first-order chi connectivity index (χ1) is 6.09. The smallest absolute Gasteiger partial charge is 0.392 e. The van der Waals surface area contributed by atoms with Gasteiger partial charge in [0.2, 0.25) is 0 Å². The van der Waals surface area contributed by atoms with Crippen molar-refractivity contribution < 1.29 is 14.3 Å². The Labute approximate surface area is 75.8 Å². The van der Waals surface area contributed by atoms with Gasteiger partial charge < -0.3 is 14.8 Å². The lowest BCUT2D eigenvalue weighted by Gasteiger charge is -2.03. The molecule has 0 aromatic carbocycles. The molecule has 0 radical (unpaired) electrons. The van der Waals surface area contributed by atoms with Crippen molar-refractivity contribution in [2.75, 3.05) is 0 Å². The van der Waals surface area contributed by atoms with Crippen LogP contribution in [0, 0.1) is 0 Å². The summed E-state index contributed by atoms with van der Waals surface area (Å²) in [5.74, 6) is -0.873. The van der Waals surface area contributed by atoms with Crippen LogP contribution in [-0.2, 0) is 6.54 Å². The predicted molar refractivity (Wildman–Crippen MR) is 45.4 cm³/mol. The summed E-state index contributed by atoms with van der Waals surface area (Å²) in [6.07, 6.45) is 1.42. The second-order valence-electron chi connectivity index (χ2n) is 2.97. The van der Waals surface area contributed by atoms with Crippen LogP contribution in [0.3, 0.4) is 0 Å². The van der Waals surface area contributed by atoms with Crippen molar-refractivity contribution in [3.63, 3.8) is 0 Å². The molecule has 5 heteroatoms. The van der Waals surface area contributed by atoms with E-state index in [1.807, 2.05) is 13.8 Å². The van der Waals surface area contributed by atoms with E-state index in [0.29, 0.717) is 18.3 Å². The van der Waals surface area contributed by atoms with E-state index in [9.17, 15) is 4.79 Å². The summed E-state index contributed by atoms with van der Waals surface area (Å²) < 4.78 is 4.92. The maximum atomic E-state index is 10.4. The summed E-state index contributed by atoms with van der Waals surface area (Å²) in [6, 6.07) is 0.332.